The van der Waals surface area contributed by atoms with Gasteiger partial charge in [-0.15, -0.1) is 0 Å². The first-order valence-corrected chi connectivity index (χ1v) is 8.45. The third kappa shape index (κ3) is 4.64. The number of unbranched alkanes of at least 4 members (excludes halogenated alkanes) is 1. The molecule has 2 heterocycles. The van der Waals surface area contributed by atoms with Crippen LogP contribution in [0.25, 0.3) is 0 Å². The van der Waals surface area contributed by atoms with Crippen molar-refractivity contribution in [1.29, 1.82) is 0 Å². The minimum Gasteiger partial charge on any atom is -0.381 e. The van der Waals surface area contributed by atoms with Gasteiger partial charge >= 0.3 is 0 Å². The second-order valence-electron chi connectivity index (χ2n) is 6.21. The Kier molecular flexibility index (Phi) is 6.33. The second kappa shape index (κ2) is 8.24. The maximum Gasteiger partial charge on any atom is 0.254 e. The fourth-order valence-corrected chi connectivity index (χ4v) is 2.89. The van der Waals surface area contributed by atoms with E-state index in [9.17, 15) is 9.59 Å². The molecule has 1 aromatic rings. The molecule has 1 fully saturated rings. The minimum atomic E-state index is -0.183. The van der Waals surface area contributed by atoms with Crippen LogP contribution in [-0.4, -0.2) is 47.1 Å². The molecule has 6 nitrogen and oxygen atoms in total. The lowest BCUT2D eigenvalue weighted by Crippen LogP contribution is -2.42. The number of likely N-dealkylation sites (N-methyl/N-ethyl adjacent to an activating group) is 1. The van der Waals surface area contributed by atoms with Crippen LogP contribution in [0.2, 0.25) is 0 Å². The van der Waals surface area contributed by atoms with E-state index in [0.717, 1.165) is 32.1 Å². The lowest BCUT2D eigenvalue weighted by atomic mass is 10.1. The number of carbonyl (C=O) groups excluding carboxylic acids is 1. The zero-order valence-electron chi connectivity index (χ0n) is 14.4. The third-order valence-electron chi connectivity index (χ3n) is 4.50. The first-order chi connectivity index (χ1) is 11.0. The summed E-state index contributed by atoms with van der Waals surface area (Å²) in [6.45, 7) is 5.29. The van der Waals surface area contributed by atoms with E-state index in [1.54, 1.807) is 4.90 Å². The maximum atomic E-state index is 12.5. The van der Waals surface area contributed by atoms with Gasteiger partial charge in [0, 0.05) is 44.0 Å². The molecular weight excluding hydrogens is 294 g/mol. The van der Waals surface area contributed by atoms with Gasteiger partial charge in [-0.05, 0) is 26.2 Å². The second-order valence-corrected chi connectivity index (χ2v) is 6.21. The van der Waals surface area contributed by atoms with Crippen LogP contribution in [-0.2, 0) is 22.4 Å². The van der Waals surface area contributed by atoms with Crippen molar-refractivity contribution in [2.24, 2.45) is 0 Å². The molecule has 23 heavy (non-hydrogen) atoms. The molecule has 1 aromatic heterocycles. The highest BCUT2D eigenvalue weighted by Gasteiger charge is 2.23. The predicted octanol–water partition coefficient (Wildman–Crippen LogP) is 1.60. The van der Waals surface area contributed by atoms with Gasteiger partial charge in [-0.2, -0.15) is 0 Å². The van der Waals surface area contributed by atoms with E-state index in [1.807, 2.05) is 14.0 Å². The Morgan fingerprint density at radius 2 is 2.09 bits per heavy atom. The van der Waals surface area contributed by atoms with Crippen LogP contribution >= 0.6 is 0 Å². The molecule has 1 N–H and O–H groups in total. The van der Waals surface area contributed by atoms with E-state index in [0.29, 0.717) is 30.3 Å². The van der Waals surface area contributed by atoms with Gasteiger partial charge in [0.05, 0.1) is 6.42 Å². The van der Waals surface area contributed by atoms with Crippen molar-refractivity contribution in [2.75, 3.05) is 20.3 Å². The van der Waals surface area contributed by atoms with Crippen molar-refractivity contribution in [3.8, 4) is 0 Å². The van der Waals surface area contributed by atoms with Gasteiger partial charge < -0.3 is 14.6 Å². The number of nitrogens with one attached hydrogen (secondary N) is 1. The molecule has 6 heteroatoms. The Labute approximate surface area is 137 Å². The lowest BCUT2D eigenvalue weighted by molar-refractivity contribution is -0.132. The van der Waals surface area contributed by atoms with Gasteiger partial charge in [-0.3, -0.25) is 9.59 Å². The number of H-pyrrole nitrogens is 1. The molecule has 0 saturated carbocycles. The minimum absolute atomic E-state index is 0.0337. The first-order valence-electron chi connectivity index (χ1n) is 8.45. The Morgan fingerprint density at radius 3 is 2.70 bits per heavy atom. The summed E-state index contributed by atoms with van der Waals surface area (Å²) in [7, 11) is 1.81. The first kappa shape index (κ1) is 17.7. The van der Waals surface area contributed by atoms with E-state index in [4.69, 9.17) is 4.74 Å². The fraction of sp³-hybridized carbons (Fsp3) is 0.706. The SMILES string of the molecule is CCCCc1nc(C)c(CC(=O)N(C)C2CCOCC2)c(=O)[nH]1. The number of carbonyl (C=O) groups is 1. The van der Waals surface area contributed by atoms with Crippen molar-refractivity contribution >= 4 is 5.91 Å². The Hall–Kier alpha value is -1.69. The van der Waals surface area contributed by atoms with Crippen LogP contribution in [0.5, 0.6) is 0 Å². The highest BCUT2D eigenvalue weighted by Crippen LogP contribution is 2.14. The number of ether oxygens (including phenoxy) is 1. The fourth-order valence-electron chi connectivity index (χ4n) is 2.89. The van der Waals surface area contributed by atoms with Crippen LogP contribution in [0, 0.1) is 6.92 Å². The summed E-state index contributed by atoms with van der Waals surface area (Å²) in [5.41, 5.74) is 0.958. The highest BCUT2D eigenvalue weighted by atomic mass is 16.5. The molecule has 128 valence electrons. The van der Waals surface area contributed by atoms with Crippen LogP contribution in [0.15, 0.2) is 4.79 Å². The zero-order chi connectivity index (χ0) is 16.8. The summed E-state index contributed by atoms with van der Waals surface area (Å²) in [5.74, 6) is 0.678. The molecule has 0 atom stereocenters. The molecule has 1 aliphatic rings. The number of nitrogens with zero attached hydrogens (tertiary/aromatic N) is 2. The van der Waals surface area contributed by atoms with Gasteiger partial charge in [0.25, 0.3) is 5.56 Å². The molecule has 0 unspecified atom stereocenters. The monoisotopic (exact) mass is 321 g/mol. The summed E-state index contributed by atoms with van der Waals surface area (Å²) < 4.78 is 5.33. The summed E-state index contributed by atoms with van der Waals surface area (Å²) in [4.78, 5) is 33.8. The average molecular weight is 321 g/mol. The average Bonchev–Trinajstić information content (AvgIpc) is 2.56. The van der Waals surface area contributed by atoms with E-state index in [-0.39, 0.29) is 23.9 Å². The largest absolute Gasteiger partial charge is 0.381 e. The third-order valence-corrected chi connectivity index (χ3v) is 4.50. The number of aromatic nitrogens is 2. The summed E-state index contributed by atoms with van der Waals surface area (Å²) >= 11 is 0. The Bertz CT molecular complexity index is 591. The molecule has 1 amide bonds. The van der Waals surface area contributed by atoms with E-state index < -0.39 is 0 Å². The van der Waals surface area contributed by atoms with Crippen molar-refractivity contribution in [2.45, 2.75) is 58.4 Å². The van der Waals surface area contributed by atoms with Crippen molar-refractivity contribution in [3.05, 3.63) is 27.4 Å². The van der Waals surface area contributed by atoms with Crippen LogP contribution < -0.4 is 5.56 Å². The van der Waals surface area contributed by atoms with Gasteiger partial charge in [0.1, 0.15) is 5.82 Å². The van der Waals surface area contributed by atoms with Crippen molar-refractivity contribution in [3.63, 3.8) is 0 Å². The number of amides is 1. The molecule has 1 aliphatic heterocycles. The predicted molar refractivity (Wildman–Crippen MR) is 88.5 cm³/mol. The molecule has 0 radical (unpaired) electrons. The van der Waals surface area contributed by atoms with Crippen molar-refractivity contribution in [1.82, 2.24) is 14.9 Å². The Balaban J connectivity index is 2.06. The molecule has 0 bridgehead atoms. The van der Waals surface area contributed by atoms with Gasteiger partial charge in [0.2, 0.25) is 5.91 Å². The standard InChI is InChI=1S/C17H27N3O3/c1-4-5-6-15-18-12(2)14(17(22)19-15)11-16(21)20(3)13-7-9-23-10-8-13/h13H,4-11H2,1-3H3,(H,18,19,22). The lowest BCUT2D eigenvalue weighted by Gasteiger charge is -2.31. The van der Waals surface area contributed by atoms with Crippen LogP contribution in [0.4, 0.5) is 0 Å². The highest BCUT2D eigenvalue weighted by molar-refractivity contribution is 5.79. The van der Waals surface area contributed by atoms with E-state index in [2.05, 4.69) is 16.9 Å². The number of hydrogen-bond donors (Lipinski definition) is 1. The molecule has 1 saturated heterocycles. The molecule has 0 spiro atoms. The number of aromatic amines is 1. The summed E-state index contributed by atoms with van der Waals surface area (Å²) in [5, 5.41) is 0. The molecule has 0 aromatic carbocycles. The number of aryl methyl sites for hydroxylation is 2. The number of hydrogen-bond acceptors (Lipinski definition) is 4. The topological polar surface area (TPSA) is 75.3 Å². The van der Waals surface area contributed by atoms with Crippen molar-refractivity contribution < 1.29 is 9.53 Å². The van der Waals surface area contributed by atoms with Crippen LogP contribution in [0.3, 0.4) is 0 Å². The van der Waals surface area contributed by atoms with E-state index in [1.165, 1.54) is 0 Å². The molecular formula is C17H27N3O3. The van der Waals surface area contributed by atoms with Gasteiger partial charge in [-0.1, -0.05) is 13.3 Å². The number of rotatable bonds is 6. The van der Waals surface area contributed by atoms with Gasteiger partial charge in [-0.25, -0.2) is 4.98 Å². The normalized spacial score (nSPS) is 15.6. The Morgan fingerprint density at radius 1 is 1.39 bits per heavy atom. The smallest absolute Gasteiger partial charge is 0.254 e. The van der Waals surface area contributed by atoms with E-state index >= 15 is 0 Å². The maximum absolute atomic E-state index is 12.5. The van der Waals surface area contributed by atoms with Crippen LogP contribution in [0.1, 0.15) is 49.7 Å². The molecule has 2 rings (SSSR count). The summed E-state index contributed by atoms with van der Waals surface area (Å²) in [6, 6.07) is 0.201. The quantitative estimate of drug-likeness (QED) is 0.863. The zero-order valence-corrected chi connectivity index (χ0v) is 14.4. The van der Waals surface area contributed by atoms with Gasteiger partial charge in [0.15, 0.2) is 0 Å². The molecule has 0 aliphatic carbocycles. The summed E-state index contributed by atoms with van der Waals surface area (Å²) in [6.07, 6.45) is 4.63.